The van der Waals surface area contributed by atoms with Gasteiger partial charge in [-0.25, -0.2) is 9.59 Å². The van der Waals surface area contributed by atoms with E-state index >= 15 is 0 Å². The van der Waals surface area contributed by atoms with Crippen LogP contribution in [-0.2, 0) is 14.3 Å². The summed E-state index contributed by atoms with van der Waals surface area (Å²) in [4.78, 5) is 26.3. The Labute approximate surface area is 126 Å². The van der Waals surface area contributed by atoms with Gasteiger partial charge < -0.3 is 9.47 Å². The maximum absolute atomic E-state index is 12.5. The largest absolute Gasteiger partial charge is 0.467 e. The van der Waals surface area contributed by atoms with Crippen molar-refractivity contribution in [1.82, 2.24) is 4.90 Å². The van der Waals surface area contributed by atoms with Crippen molar-refractivity contribution < 1.29 is 19.1 Å². The average Bonchev–Trinajstić information content (AvgIpc) is 3.06. The fourth-order valence-corrected chi connectivity index (χ4v) is 4.68. The van der Waals surface area contributed by atoms with Gasteiger partial charge >= 0.3 is 12.1 Å². The lowest BCUT2D eigenvalue weighted by Gasteiger charge is -2.30. The molecular formula is C16H25NO4. The van der Waals surface area contributed by atoms with E-state index in [9.17, 15) is 9.59 Å². The molecule has 5 heteroatoms. The minimum Gasteiger partial charge on any atom is -0.467 e. The van der Waals surface area contributed by atoms with Crippen molar-refractivity contribution in [2.24, 2.45) is 23.7 Å². The van der Waals surface area contributed by atoms with E-state index in [1.54, 1.807) is 4.90 Å². The summed E-state index contributed by atoms with van der Waals surface area (Å²) < 4.78 is 10.5. The second-order valence-corrected chi connectivity index (χ2v) is 7.68. The van der Waals surface area contributed by atoms with Crippen molar-refractivity contribution in [2.45, 2.75) is 51.7 Å². The smallest absolute Gasteiger partial charge is 0.411 e. The van der Waals surface area contributed by atoms with Crippen LogP contribution in [0.1, 0.15) is 40.0 Å². The minimum absolute atomic E-state index is 0.267. The summed E-state index contributed by atoms with van der Waals surface area (Å²) in [6.07, 6.45) is 3.25. The van der Waals surface area contributed by atoms with Crippen LogP contribution in [0.5, 0.6) is 0 Å². The lowest BCUT2D eigenvalue weighted by atomic mass is 9.78. The number of likely N-dealkylation sites (tertiary alicyclic amines) is 1. The number of ether oxygens (including phenoxy) is 2. The second kappa shape index (κ2) is 4.89. The van der Waals surface area contributed by atoms with E-state index in [4.69, 9.17) is 9.47 Å². The number of methoxy groups -OCH3 is 1. The second-order valence-electron chi connectivity index (χ2n) is 7.68. The summed E-state index contributed by atoms with van der Waals surface area (Å²) in [6, 6.07) is -0.454. The van der Waals surface area contributed by atoms with Crippen molar-refractivity contribution in [3.8, 4) is 0 Å². The summed E-state index contributed by atoms with van der Waals surface area (Å²) in [6.45, 7) is 6.18. The Morgan fingerprint density at radius 3 is 2.43 bits per heavy atom. The third-order valence-corrected chi connectivity index (χ3v) is 5.34. The Morgan fingerprint density at radius 1 is 1.14 bits per heavy atom. The predicted molar refractivity (Wildman–Crippen MR) is 76.6 cm³/mol. The fraction of sp³-hybridized carbons (Fsp3) is 0.875. The summed E-state index contributed by atoms with van der Waals surface area (Å²) in [5, 5.41) is 0. The molecule has 2 bridgehead atoms. The van der Waals surface area contributed by atoms with Gasteiger partial charge in [0.25, 0.3) is 0 Å². The normalized spacial score (nSPS) is 37.5. The molecule has 3 rings (SSSR count). The highest BCUT2D eigenvalue weighted by atomic mass is 16.6. The van der Waals surface area contributed by atoms with Crippen molar-refractivity contribution in [3.63, 3.8) is 0 Å². The molecule has 3 fully saturated rings. The van der Waals surface area contributed by atoms with Crippen LogP contribution in [0.15, 0.2) is 0 Å². The number of esters is 1. The molecule has 0 radical (unpaired) electrons. The van der Waals surface area contributed by atoms with Crippen molar-refractivity contribution in [1.29, 1.82) is 0 Å². The molecule has 1 aliphatic heterocycles. The van der Waals surface area contributed by atoms with E-state index in [0.717, 1.165) is 0 Å². The molecule has 21 heavy (non-hydrogen) atoms. The maximum Gasteiger partial charge on any atom is 0.411 e. The van der Waals surface area contributed by atoms with Gasteiger partial charge in [0, 0.05) is 6.54 Å². The summed E-state index contributed by atoms with van der Waals surface area (Å²) in [5.74, 6) is 1.65. The zero-order chi connectivity index (χ0) is 15.4. The molecule has 1 heterocycles. The Balaban J connectivity index is 1.83. The van der Waals surface area contributed by atoms with Gasteiger partial charge in [-0.05, 0) is 63.7 Å². The molecular weight excluding hydrogens is 270 g/mol. The van der Waals surface area contributed by atoms with E-state index in [0.29, 0.717) is 24.3 Å². The van der Waals surface area contributed by atoms with Gasteiger partial charge in [0.1, 0.15) is 11.6 Å². The lowest BCUT2D eigenvalue weighted by Crippen LogP contribution is -2.47. The zero-order valence-electron chi connectivity index (χ0n) is 13.3. The first-order chi connectivity index (χ1) is 9.81. The van der Waals surface area contributed by atoms with Crippen LogP contribution in [0.3, 0.4) is 0 Å². The number of nitrogens with zero attached hydrogens (tertiary/aromatic N) is 1. The van der Waals surface area contributed by atoms with Crippen LogP contribution in [0.25, 0.3) is 0 Å². The highest BCUT2D eigenvalue weighted by Gasteiger charge is 2.60. The highest BCUT2D eigenvalue weighted by Crippen LogP contribution is 2.57. The van der Waals surface area contributed by atoms with Crippen LogP contribution >= 0.6 is 0 Å². The van der Waals surface area contributed by atoms with E-state index in [2.05, 4.69) is 0 Å². The molecule has 2 saturated carbocycles. The van der Waals surface area contributed by atoms with Crippen LogP contribution in [0.4, 0.5) is 4.79 Å². The molecule has 3 aliphatic rings. The number of hydrogen-bond acceptors (Lipinski definition) is 4. The molecule has 5 atom stereocenters. The maximum atomic E-state index is 12.5. The van der Waals surface area contributed by atoms with Gasteiger partial charge in [-0.15, -0.1) is 0 Å². The standard InChI is InChI=1S/C16H25NO4/c1-16(2,3)21-15(19)17-8-11-9-5-6-10(7-9)12(11)13(17)14(18)20-4/h9-13H,5-8H2,1-4H3/t9-,10+,11-,12+,13+/m1/s1. The van der Waals surface area contributed by atoms with Crippen LogP contribution in [0.2, 0.25) is 0 Å². The van der Waals surface area contributed by atoms with Gasteiger partial charge in [0.2, 0.25) is 0 Å². The zero-order valence-corrected chi connectivity index (χ0v) is 13.3. The average molecular weight is 295 g/mol. The van der Waals surface area contributed by atoms with Gasteiger partial charge in [0.05, 0.1) is 7.11 Å². The minimum atomic E-state index is -0.547. The van der Waals surface area contributed by atoms with E-state index < -0.39 is 11.6 Å². The molecule has 0 unspecified atom stereocenters. The van der Waals surface area contributed by atoms with Crippen LogP contribution in [-0.4, -0.2) is 42.3 Å². The van der Waals surface area contributed by atoms with Crippen molar-refractivity contribution in [3.05, 3.63) is 0 Å². The van der Waals surface area contributed by atoms with E-state index in [-0.39, 0.29) is 18.0 Å². The molecule has 0 spiro atoms. The third-order valence-electron chi connectivity index (χ3n) is 5.34. The number of carbonyl (C=O) groups excluding carboxylic acids is 2. The first-order valence-corrected chi connectivity index (χ1v) is 7.89. The van der Waals surface area contributed by atoms with E-state index in [1.807, 2.05) is 20.8 Å². The SMILES string of the molecule is COC(=O)[C@@H]1[C@H]2[C@H]3CC[C@H](C3)[C@H]2CN1C(=O)OC(C)(C)C. The van der Waals surface area contributed by atoms with Gasteiger partial charge in [-0.3, -0.25) is 4.90 Å². The first-order valence-electron chi connectivity index (χ1n) is 7.89. The molecule has 0 aromatic carbocycles. The lowest BCUT2D eigenvalue weighted by molar-refractivity contribution is -0.147. The Morgan fingerprint density at radius 2 is 1.81 bits per heavy atom. The quantitative estimate of drug-likeness (QED) is 0.697. The van der Waals surface area contributed by atoms with Crippen molar-refractivity contribution in [2.75, 3.05) is 13.7 Å². The van der Waals surface area contributed by atoms with Crippen molar-refractivity contribution >= 4 is 12.1 Å². The molecule has 0 aromatic rings. The number of fused-ring (bicyclic) bond motifs is 5. The molecule has 5 nitrogen and oxygen atoms in total. The van der Waals surface area contributed by atoms with Crippen LogP contribution < -0.4 is 0 Å². The number of hydrogen-bond donors (Lipinski definition) is 0. The monoisotopic (exact) mass is 295 g/mol. The molecule has 2 aliphatic carbocycles. The molecule has 0 aromatic heterocycles. The Hall–Kier alpha value is -1.26. The molecule has 0 N–H and O–H groups in total. The molecule has 118 valence electrons. The topological polar surface area (TPSA) is 55.8 Å². The molecule has 1 amide bonds. The Bertz CT molecular complexity index is 456. The highest BCUT2D eigenvalue weighted by molar-refractivity contribution is 5.83. The van der Waals surface area contributed by atoms with Gasteiger partial charge in [-0.1, -0.05) is 0 Å². The fourth-order valence-electron chi connectivity index (χ4n) is 4.68. The number of carbonyl (C=O) groups is 2. The van der Waals surface area contributed by atoms with Crippen LogP contribution in [0, 0.1) is 23.7 Å². The third kappa shape index (κ3) is 2.40. The van der Waals surface area contributed by atoms with Gasteiger partial charge in [-0.2, -0.15) is 0 Å². The summed E-state index contributed by atoms with van der Waals surface area (Å²) in [5.41, 5.74) is -0.547. The number of amides is 1. The summed E-state index contributed by atoms with van der Waals surface area (Å²) in [7, 11) is 1.40. The predicted octanol–water partition coefficient (Wildman–Crippen LogP) is 2.44. The van der Waals surface area contributed by atoms with E-state index in [1.165, 1.54) is 26.4 Å². The summed E-state index contributed by atoms with van der Waals surface area (Å²) >= 11 is 0. The van der Waals surface area contributed by atoms with Gasteiger partial charge in [0.15, 0.2) is 0 Å². The Kier molecular flexibility index (Phi) is 3.41. The first kappa shape index (κ1) is 14.7. The molecule has 1 saturated heterocycles. The number of rotatable bonds is 1.